The first-order valence-corrected chi connectivity index (χ1v) is 11.0. The molecule has 0 radical (unpaired) electrons. The van der Waals surface area contributed by atoms with Crippen molar-refractivity contribution < 1.29 is 4.39 Å². The Labute approximate surface area is 184 Å². The molecule has 0 atom stereocenters. The highest BCUT2D eigenvalue weighted by molar-refractivity contribution is 5.60. The molecule has 0 saturated carbocycles. The number of anilines is 1. The summed E-state index contributed by atoms with van der Waals surface area (Å²) in [7, 11) is 1.99. The first-order chi connectivity index (χ1) is 15.2. The Morgan fingerprint density at radius 2 is 1.84 bits per heavy atom. The van der Waals surface area contributed by atoms with E-state index in [0.717, 1.165) is 49.4 Å². The maximum absolute atomic E-state index is 13.3. The zero-order valence-corrected chi connectivity index (χ0v) is 18.4. The van der Waals surface area contributed by atoms with Crippen LogP contribution >= 0.6 is 0 Å². The van der Waals surface area contributed by atoms with Gasteiger partial charge >= 0.3 is 0 Å². The lowest BCUT2D eigenvalue weighted by atomic mass is 10.1. The van der Waals surface area contributed by atoms with Crippen LogP contribution in [0.15, 0.2) is 60.8 Å². The molecule has 3 aromatic rings. The van der Waals surface area contributed by atoms with Gasteiger partial charge < -0.3 is 10.6 Å². The SMILES string of the molecule is CCN(CCCNC)Cc1cccc(-c2ccnc(NCCc3cccc(F)c3)n2)c1. The van der Waals surface area contributed by atoms with Crippen LogP contribution in [0.5, 0.6) is 0 Å². The second-order valence-electron chi connectivity index (χ2n) is 7.60. The lowest BCUT2D eigenvalue weighted by Crippen LogP contribution is -2.26. The van der Waals surface area contributed by atoms with Crippen LogP contribution in [-0.4, -0.2) is 48.1 Å². The third-order valence-corrected chi connectivity index (χ3v) is 5.22. The normalized spacial score (nSPS) is 11.1. The van der Waals surface area contributed by atoms with Gasteiger partial charge in [0, 0.05) is 24.8 Å². The molecule has 5 nitrogen and oxygen atoms in total. The van der Waals surface area contributed by atoms with Gasteiger partial charge in [-0.2, -0.15) is 0 Å². The lowest BCUT2D eigenvalue weighted by Gasteiger charge is -2.20. The van der Waals surface area contributed by atoms with Crippen LogP contribution in [0.1, 0.15) is 24.5 Å². The Hall–Kier alpha value is -2.83. The largest absolute Gasteiger partial charge is 0.354 e. The number of aromatic nitrogens is 2. The van der Waals surface area contributed by atoms with Gasteiger partial charge in [-0.1, -0.05) is 37.3 Å². The predicted octanol–water partition coefficient (Wildman–Crippen LogP) is 4.37. The smallest absolute Gasteiger partial charge is 0.223 e. The molecule has 164 valence electrons. The minimum absolute atomic E-state index is 0.209. The van der Waals surface area contributed by atoms with E-state index < -0.39 is 0 Å². The fourth-order valence-corrected chi connectivity index (χ4v) is 3.53. The van der Waals surface area contributed by atoms with Gasteiger partial charge in [0.05, 0.1) is 5.69 Å². The van der Waals surface area contributed by atoms with Gasteiger partial charge in [-0.25, -0.2) is 14.4 Å². The number of benzene rings is 2. The van der Waals surface area contributed by atoms with Crippen molar-refractivity contribution in [3.8, 4) is 11.3 Å². The number of halogens is 1. The third-order valence-electron chi connectivity index (χ3n) is 5.22. The maximum Gasteiger partial charge on any atom is 0.223 e. The predicted molar refractivity (Wildman–Crippen MR) is 126 cm³/mol. The molecule has 3 rings (SSSR count). The topological polar surface area (TPSA) is 53.1 Å². The number of hydrogen-bond donors (Lipinski definition) is 2. The Kier molecular flexibility index (Phi) is 8.94. The molecule has 2 N–H and O–H groups in total. The highest BCUT2D eigenvalue weighted by atomic mass is 19.1. The van der Waals surface area contributed by atoms with Gasteiger partial charge in [-0.3, -0.25) is 4.90 Å². The van der Waals surface area contributed by atoms with Crippen LogP contribution in [0.4, 0.5) is 10.3 Å². The lowest BCUT2D eigenvalue weighted by molar-refractivity contribution is 0.276. The van der Waals surface area contributed by atoms with Crippen LogP contribution in [-0.2, 0) is 13.0 Å². The monoisotopic (exact) mass is 421 g/mol. The minimum Gasteiger partial charge on any atom is -0.354 e. The van der Waals surface area contributed by atoms with Crippen molar-refractivity contribution in [1.82, 2.24) is 20.2 Å². The van der Waals surface area contributed by atoms with Gasteiger partial charge in [0.25, 0.3) is 0 Å². The van der Waals surface area contributed by atoms with Crippen LogP contribution in [0.25, 0.3) is 11.3 Å². The van der Waals surface area contributed by atoms with Gasteiger partial charge in [0.1, 0.15) is 5.82 Å². The molecule has 1 aromatic heterocycles. The summed E-state index contributed by atoms with van der Waals surface area (Å²) in [6.07, 6.45) is 3.62. The highest BCUT2D eigenvalue weighted by Crippen LogP contribution is 2.20. The molecule has 0 fully saturated rings. The molecule has 2 aromatic carbocycles. The van der Waals surface area contributed by atoms with Crippen molar-refractivity contribution in [3.63, 3.8) is 0 Å². The summed E-state index contributed by atoms with van der Waals surface area (Å²) in [5, 5.41) is 6.46. The Morgan fingerprint density at radius 1 is 1.00 bits per heavy atom. The molecule has 31 heavy (non-hydrogen) atoms. The number of rotatable bonds is 12. The first-order valence-electron chi connectivity index (χ1n) is 11.0. The van der Waals surface area contributed by atoms with Crippen LogP contribution < -0.4 is 10.6 Å². The fraction of sp³-hybridized carbons (Fsp3) is 0.360. The van der Waals surface area contributed by atoms with Gasteiger partial charge in [-0.05, 0) is 74.9 Å². The van der Waals surface area contributed by atoms with Crippen molar-refractivity contribution in [3.05, 3.63) is 77.7 Å². The molecule has 0 unspecified atom stereocenters. The van der Waals surface area contributed by atoms with Crippen LogP contribution in [0.3, 0.4) is 0 Å². The number of nitrogens with zero attached hydrogens (tertiary/aromatic N) is 3. The van der Waals surface area contributed by atoms with E-state index in [4.69, 9.17) is 0 Å². The Morgan fingerprint density at radius 3 is 2.65 bits per heavy atom. The van der Waals surface area contributed by atoms with Crippen molar-refractivity contribution in [1.29, 1.82) is 0 Å². The average molecular weight is 422 g/mol. The van der Waals surface area contributed by atoms with E-state index in [1.54, 1.807) is 18.3 Å². The Bertz CT molecular complexity index is 946. The summed E-state index contributed by atoms with van der Waals surface area (Å²) in [6, 6.07) is 17.2. The minimum atomic E-state index is -0.209. The van der Waals surface area contributed by atoms with Crippen molar-refractivity contribution >= 4 is 5.95 Å². The Balaban J connectivity index is 1.61. The van der Waals surface area contributed by atoms with E-state index >= 15 is 0 Å². The van der Waals surface area contributed by atoms with E-state index in [1.807, 2.05) is 19.2 Å². The zero-order valence-electron chi connectivity index (χ0n) is 18.4. The molecule has 1 heterocycles. The van der Waals surface area contributed by atoms with Crippen molar-refractivity contribution in [2.24, 2.45) is 0 Å². The molecular weight excluding hydrogens is 389 g/mol. The van der Waals surface area contributed by atoms with E-state index in [0.29, 0.717) is 18.9 Å². The van der Waals surface area contributed by atoms with Crippen molar-refractivity contribution in [2.75, 3.05) is 38.5 Å². The molecule has 0 aliphatic carbocycles. The van der Waals surface area contributed by atoms with Crippen LogP contribution in [0.2, 0.25) is 0 Å². The molecular formula is C25H32FN5. The average Bonchev–Trinajstić information content (AvgIpc) is 2.79. The molecule has 6 heteroatoms. The molecule has 0 aliphatic heterocycles. The van der Waals surface area contributed by atoms with Gasteiger partial charge in [0.2, 0.25) is 5.95 Å². The first kappa shape index (κ1) is 22.8. The highest BCUT2D eigenvalue weighted by Gasteiger charge is 2.07. The summed E-state index contributed by atoms with van der Waals surface area (Å²) < 4.78 is 13.3. The molecule has 0 amide bonds. The summed E-state index contributed by atoms with van der Waals surface area (Å²) >= 11 is 0. The quantitative estimate of drug-likeness (QED) is 0.426. The van der Waals surface area contributed by atoms with Crippen LogP contribution in [0, 0.1) is 5.82 Å². The van der Waals surface area contributed by atoms with Gasteiger partial charge in [-0.15, -0.1) is 0 Å². The van der Waals surface area contributed by atoms with Crippen molar-refractivity contribution in [2.45, 2.75) is 26.3 Å². The van der Waals surface area contributed by atoms with E-state index in [2.05, 4.69) is 56.7 Å². The second kappa shape index (κ2) is 12.1. The maximum atomic E-state index is 13.3. The number of nitrogens with one attached hydrogen (secondary N) is 2. The van der Waals surface area contributed by atoms with E-state index in [-0.39, 0.29) is 5.82 Å². The van der Waals surface area contributed by atoms with Gasteiger partial charge in [0.15, 0.2) is 0 Å². The standard InChI is InChI=1S/C25H32FN5/c1-3-31(16-6-13-27-2)19-21-8-4-9-22(17-21)24-12-15-29-25(30-24)28-14-11-20-7-5-10-23(26)18-20/h4-5,7-10,12,15,17-18,27H,3,6,11,13-14,16,19H2,1-2H3,(H,28,29,30). The molecule has 0 spiro atoms. The van der Waals surface area contributed by atoms with E-state index in [9.17, 15) is 4.39 Å². The third kappa shape index (κ3) is 7.42. The number of hydrogen-bond acceptors (Lipinski definition) is 5. The summed E-state index contributed by atoms with van der Waals surface area (Å²) in [4.78, 5) is 11.5. The zero-order chi connectivity index (χ0) is 21.9. The van der Waals surface area contributed by atoms with E-state index in [1.165, 1.54) is 11.6 Å². The second-order valence-corrected chi connectivity index (χ2v) is 7.60. The summed E-state index contributed by atoms with van der Waals surface area (Å²) in [6.45, 7) is 6.92. The fourth-order valence-electron chi connectivity index (χ4n) is 3.53. The summed E-state index contributed by atoms with van der Waals surface area (Å²) in [5.74, 6) is 0.376. The molecule has 0 bridgehead atoms. The molecule has 0 saturated heterocycles. The molecule has 0 aliphatic rings. The summed E-state index contributed by atoms with van der Waals surface area (Å²) in [5.41, 5.74) is 4.21.